The van der Waals surface area contributed by atoms with E-state index in [1.165, 1.54) is 12.5 Å². The lowest BCUT2D eigenvalue weighted by molar-refractivity contribution is 0.269. The molecule has 0 bridgehead atoms. The van der Waals surface area contributed by atoms with Crippen molar-refractivity contribution in [3.63, 3.8) is 0 Å². The minimum Gasteiger partial charge on any atom is -0.457 e. The minimum absolute atomic E-state index is 0.731. The van der Waals surface area contributed by atoms with Crippen LogP contribution in [0.2, 0.25) is 0 Å². The van der Waals surface area contributed by atoms with Gasteiger partial charge < -0.3 is 14.4 Å². The number of nitrogens with zero attached hydrogens (tertiary/aromatic N) is 2. The van der Waals surface area contributed by atoms with E-state index in [0.717, 1.165) is 34.0 Å². The van der Waals surface area contributed by atoms with Gasteiger partial charge in [0.15, 0.2) is 0 Å². The molecule has 0 radical (unpaired) electrons. The third-order valence-electron chi connectivity index (χ3n) is 3.31. The van der Waals surface area contributed by atoms with Crippen LogP contribution < -0.4 is 4.74 Å². The summed E-state index contributed by atoms with van der Waals surface area (Å²) >= 11 is 0. The zero-order valence-corrected chi connectivity index (χ0v) is 14.3. The Morgan fingerprint density at radius 2 is 1.08 bits per heavy atom. The van der Waals surface area contributed by atoms with Crippen LogP contribution in [0.5, 0.6) is 11.5 Å². The Labute approximate surface area is 147 Å². The molecule has 128 valence electrons. The Kier molecular flexibility index (Phi) is 6.54. The molecule has 0 saturated carbocycles. The van der Waals surface area contributed by atoms with E-state index in [4.69, 9.17) is 14.4 Å². The first kappa shape index (κ1) is 18.0. The molecule has 2 aromatic carbocycles. The van der Waals surface area contributed by atoms with Gasteiger partial charge >= 0.3 is 0 Å². The highest BCUT2D eigenvalue weighted by Crippen LogP contribution is 2.22. The number of oxime groups is 2. The maximum atomic E-state index is 5.84. The Morgan fingerprint density at radius 1 is 0.720 bits per heavy atom. The Morgan fingerprint density at radius 3 is 1.40 bits per heavy atom. The summed E-state index contributed by atoms with van der Waals surface area (Å²) in [6.45, 7) is 10.6. The van der Waals surface area contributed by atoms with E-state index >= 15 is 0 Å². The van der Waals surface area contributed by atoms with Crippen LogP contribution >= 0.6 is 0 Å². The highest BCUT2D eigenvalue weighted by molar-refractivity contribution is 5.98. The molecule has 2 aromatic rings. The van der Waals surface area contributed by atoms with Crippen molar-refractivity contribution in [3.8, 4) is 11.5 Å². The highest BCUT2D eigenvalue weighted by Gasteiger charge is 2.03. The molecule has 0 saturated heterocycles. The van der Waals surface area contributed by atoms with Crippen molar-refractivity contribution in [2.24, 2.45) is 10.3 Å². The SMILES string of the molecule is C=CO/N=C(\C)c1ccc(Oc2ccc(/C(C)=N/OC=C)cc2)cc1. The average molecular weight is 336 g/mol. The molecule has 5 nitrogen and oxygen atoms in total. The maximum absolute atomic E-state index is 5.84. The van der Waals surface area contributed by atoms with Gasteiger partial charge in [0.05, 0.1) is 11.4 Å². The lowest BCUT2D eigenvalue weighted by Crippen LogP contribution is -1.96. The van der Waals surface area contributed by atoms with E-state index in [2.05, 4.69) is 23.5 Å². The Bertz CT molecular complexity index is 708. The summed E-state index contributed by atoms with van der Waals surface area (Å²) in [5.74, 6) is 1.46. The zero-order chi connectivity index (χ0) is 18.1. The minimum atomic E-state index is 0.731. The first-order chi connectivity index (χ1) is 12.1. The topological polar surface area (TPSA) is 52.4 Å². The van der Waals surface area contributed by atoms with Crippen molar-refractivity contribution in [2.45, 2.75) is 13.8 Å². The fourth-order valence-electron chi connectivity index (χ4n) is 2.00. The number of hydrogen-bond acceptors (Lipinski definition) is 5. The maximum Gasteiger partial charge on any atom is 0.127 e. The number of rotatable bonds is 8. The second kappa shape index (κ2) is 9.08. The summed E-state index contributed by atoms with van der Waals surface area (Å²) in [6, 6.07) is 15.2. The van der Waals surface area contributed by atoms with Crippen LogP contribution in [-0.2, 0) is 9.68 Å². The lowest BCUT2D eigenvalue weighted by atomic mass is 10.1. The van der Waals surface area contributed by atoms with Crippen molar-refractivity contribution < 1.29 is 14.4 Å². The number of ether oxygens (including phenoxy) is 1. The van der Waals surface area contributed by atoms with Crippen LogP contribution in [0.15, 0.2) is 84.5 Å². The molecule has 2 rings (SSSR count). The fraction of sp³-hybridized carbons (Fsp3) is 0.100. The predicted octanol–water partition coefficient (Wildman–Crippen LogP) is 5.25. The standard InChI is InChI=1S/C20H20N2O3/c1-5-23-21-15(3)17-7-11-19(12-8-17)25-20-13-9-18(10-14-20)16(4)22-24-6-2/h5-14H,1-2H2,3-4H3/b21-15+,22-16+. The molecule has 0 atom stereocenters. The van der Waals surface area contributed by atoms with Gasteiger partial charge in [-0.3, -0.25) is 0 Å². The van der Waals surface area contributed by atoms with Gasteiger partial charge in [-0.05, 0) is 73.5 Å². The van der Waals surface area contributed by atoms with Gasteiger partial charge in [-0.15, -0.1) is 0 Å². The van der Waals surface area contributed by atoms with Gasteiger partial charge in [-0.1, -0.05) is 23.5 Å². The van der Waals surface area contributed by atoms with Gasteiger partial charge in [0.2, 0.25) is 0 Å². The second-order valence-electron chi connectivity index (χ2n) is 5.05. The molecule has 0 amide bonds. The van der Waals surface area contributed by atoms with Gasteiger partial charge in [0, 0.05) is 0 Å². The van der Waals surface area contributed by atoms with Crippen molar-refractivity contribution in [1.29, 1.82) is 0 Å². The fourth-order valence-corrected chi connectivity index (χ4v) is 2.00. The van der Waals surface area contributed by atoms with Crippen LogP contribution in [0, 0.1) is 0 Å². The summed E-state index contributed by atoms with van der Waals surface area (Å²) < 4.78 is 5.84. The van der Waals surface area contributed by atoms with E-state index in [-0.39, 0.29) is 0 Å². The van der Waals surface area contributed by atoms with Crippen LogP contribution in [0.4, 0.5) is 0 Å². The van der Waals surface area contributed by atoms with Crippen LogP contribution in [0.25, 0.3) is 0 Å². The molecule has 0 N–H and O–H groups in total. The van der Waals surface area contributed by atoms with Crippen molar-refractivity contribution >= 4 is 11.4 Å². The van der Waals surface area contributed by atoms with Crippen LogP contribution in [-0.4, -0.2) is 11.4 Å². The molecule has 0 fully saturated rings. The smallest absolute Gasteiger partial charge is 0.127 e. The van der Waals surface area contributed by atoms with Crippen molar-refractivity contribution in [1.82, 2.24) is 0 Å². The third kappa shape index (κ3) is 5.35. The molecular weight excluding hydrogens is 316 g/mol. The van der Waals surface area contributed by atoms with E-state index < -0.39 is 0 Å². The molecule has 0 unspecified atom stereocenters. The number of hydrogen-bond donors (Lipinski definition) is 0. The van der Waals surface area contributed by atoms with E-state index in [0.29, 0.717) is 0 Å². The first-order valence-electron chi connectivity index (χ1n) is 7.65. The summed E-state index contributed by atoms with van der Waals surface area (Å²) in [5, 5.41) is 7.81. The van der Waals surface area contributed by atoms with Crippen LogP contribution in [0.3, 0.4) is 0 Å². The van der Waals surface area contributed by atoms with Gasteiger partial charge in [0.1, 0.15) is 24.0 Å². The summed E-state index contributed by atoms with van der Waals surface area (Å²) in [7, 11) is 0. The molecule has 0 aromatic heterocycles. The van der Waals surface area contributed by atoms with Crippen molar-refractivity contribution in [3.05, 3.63) is 85.3 Å². The molecule has 0 spiro atoms. The Hall–Kier alpha value is -3.34. The summed E-state index contributed by atoms with van der Waals surface area (Å²) in [5.41, 5.74) is 3.40. The van der Waals surface area contributed by atoms with E-state index in [1.807, 2.05) is 62.4 Å². The predicted molar refractivity (Wildman–Crippen MR) is 99.9 cm³/mol. The zero-order valence-electron chi connectivity index (χ0n) is 14.3. The second-order valence-corrected chi connectivity index (χ2v) is 5.05. The van der Waals surface area contributed by atoms with Gasteiger partial charge in [0.25, 0.3) is 0 Å². The lowest BCUT2D eigenvalue weighted by Gasteiger charge is -2.08. The van der Waals surface area contributed by atoms with Crippen molar-refractivity contribution in [2.75, 3.05) is 0 Å². The molecule has 0 heterocycles. The van der Waals surface area contributed by atoms with Gasteiger partial charge in [-0.25, -0.2) is 0 Å². The average Bonchev–Trinajstić information content (AvgIpc) is 2.65. The molecular formula is C20H20N2O3. The van der Waals surface area contributed by atoms with E-state index in [1.54, 1.807) is 0 Å². The molecule has 5 heteroatoms. The summed E-state index contributed by atoms with van der Waals surface area (Å²) in [4.78, 5) is 9.65. The normalized spacial score (nSPS) is 11.6. The van der Waals surface area contributed by atoms with E-state index in [9.17, 15) is 0 Å². The first-order valence-corrected chi connectivity index (χ1v) is 7.65. The van der Waals surface area contributed by atoms with Gasteiger partial charge in [-0.2, -0.15) is 0 Å². The third-order valence-corrected chi connectivity index (χ3v) is 3.31. The number of benzene rings is 2. The molecule has 0 aliphatic carbocycles. The monoisotopic (exact) mass is 336 g/mol. The molecule has 0 aliphatic rings. The largest absolute Gasteiger partial charge is 0.457 e. The highest BCUT2D eigenvalue weighted by atomic mass is 16.6. The summed E-state index contributed by atoms with van der Waals surface area (Å²) in [6.07, 6.45) is 2.56. The quantitative estimate of drug-likeness (QED) is 0.376. The Balaban J connectivity index is 2.05. The molecule has 0 aliphatic heterocycles. The molecule has 25 heavy (non-hydrogen) atoms. The van der Waals surface area contributed by atoms with Crippen LogP contribution in [0.1, 0.15) is 25.0 Å².